The maximum absolute atomic E-state index is 12.3. The number of carbonyl (C=O) groups excluding carboxylic acids is 1. The molecule has 0 aliphatic carbocycles. The summed E-state index contributed by atoms with van der Waals surface area (Å²) in [5.74, 6) is -0.725. The monoisotopic (exact) mass is 379 g/mol. The molecule has 0 amide bonds. The van der Waals surface area contributed by atoms with Gasteiger partial charge in [-0.3, -0.25) is 10.1 Å². The fourth-order valence-electron chi connectivity index (χ4n) is 2.10. The Balaban J connectivity index is 1.97. The number of nitro benzene ring substituents is 1. The molecule has 0 aliphatic rings. The fraction of sp³-hybridized carbons (Fsp3) is 0.167. The van der Waals surface area contributed by atoms with Crippen molar-refractivity contribution < 1.29 is 32.7 Å². The largest absolute Gasteiger partial charge is 0.493 e. The van der Waals surface area contributed by atoms with Crippen molar-refractivity contribution in [2.24, 2.45) is 0 Å². The van der Waals surface area contributed by atoms with Crippen LogP contribution in [0.25, 0.3) is 6.08 Å². The smallest absolute Gasteiger partial charge is 0.387 e. The normalized spacial score (nSPS) is 10.8. The van der Waals surface area contributed by atoms with Gasteiger partial charge in [-0.05, 0) is 29.3 Å². The van der Waals surface area contributed by atoms with Gasteiger partial charge in [0, 0.05) is 18.2 Å². The van der Waals surface area contributed by atoms with Crippen LogP contribution in [0.15, 0.2) is 48.5 Å². The van der Waals surface area contributed by atoms with Gasteiger partial charge in [-0.1, -0.05) is 18.2 Å². The van der Waals surface area contributed by atoms with E-state index in [0.717, 1.165) is 6.08 Å². The third-order valence-electron chi connectivity index (χ3n) is 3.32. The van der Waals surface area contributed by atoms with Crippen LogP contribution < -0.4 is 9.47 Å². The maximum Gasteiger partial charge on any atom is 0.387 e. The van der Waals surface area contributed by atoms with Gasteiger partial charge < -0.3 is 14.2 Å². The Hall–Kier alpha value is -3.49. The number of carbonyl (C=O) groups is 1. The zero-order chi connectivity index (χ0) is 19.8. The molecule has 7 nitrogen and oxygen atoms in total. The fourth-order valence-corrected chi connectivity index (χ4v) is 2.10. The predicted octanol–water partition coefficient (Wildman–Crippen LogP) is 3.96. The summed E-state index contributed by atoms with van der Waals surface area (Å²) in [6.07, 6.45) is 2.51. The lowest BCUT2D eigenvalue weighted by Gasteiger charge is -2.11. The number of halogens is 2. The Morgan fingerprint density at radius 2 is 2.00 bits per heavy atom. The highest BCUT2D eigenvalue weighted by Gasteiger charge is 2.11. The maximum atomic E-state index is 12.3. The minimum Gasteiger partial charge on any atom is -0.493 e. The van der Waals surface area contributed by atoms with Crippen LogP contribution in [0.2, 0.25) is 0 Å². The van der Waals surface area contributed by atoms with Crippen LogP contribution in [0, 0.1) is 10.1 Å². The molecule has 27 heavy (non-hydrogen) atoms. The number of rotatable bonds is 8. The SMILES string of the molecule is COc1cc(COC(=O)C=Cc2cccc([N+](=O)[O-])c2)ccc1OC(F)F. The van der Waals surface area contributed by atoms with E-state index in [4.69, 9.17) is 9.47 Å². The standard InChI is InChI=1S/C18H15F2NO6/c1-25-16-10-13(5-7-15(16)27-18(19)20)11-26-17(22)8-6-12-3-2-4-14(9-12)21(23)24/h2-10,18H,11H2,1H3. The third kappa shape index (κ3) is 6.07. The van der Waals surface area contributed by atoms with E-state index < -0.39 is 17.5 Å². The molecule has 0 atom stereocenters. The Labute approximate surface area is 152 Å². The highest BCUT2D eigenvalue weighted by molar-refractivity contribution is 5.87. The van der Waals surface area contributed by atoms with E-state index in [1.54, 1.807) is 6.07 Å². The van der Waals surface area contributed by atoms with Gasteiger partial charge in [0.2, 0.25) is 0 Å². The Morgan fingerprint density at radius 3 is 2.67 bits per heavy atom. The zero-order valence-corrected chi connectivity index (χ0v) is 14.1. The molecule has 0 bridgehead atoms. The van der Waals surface area contributed by atoms with E-state index in [1.165, 1.54) is 49.6 Å². The lowest BCUT2D eigenvalue weighted by molar-refractivity contribution is -0.384. The van der Waals surface area contributed by atoms with E-state index in [2.05, 4.69) is 4.74 Å². The number of ether oxygens (including phenoxy) is 3. The molecule has 9 heteroatoms. The van der Waals surface area contributed by atoms with E-state index in [1.807, 2.05) is 0 Å². The van der Waals surface area contributed by atoms with Crippen LogP contribution >= 0.6 is 0 Å². The summed E-state index contributed by atoms with van der Waals surface area (Å²) in [5.41, 5.74) is 0.880. The van der Waals surface area contributed by atoms with Crippen molar-refractivity contribution in [1.82, 2.24) is 0 Å². The van der Waals surface area contributed by atoms with Gasteiger partial charge in [0.25, 0.3) is 5.69 Å². The molecule has 0 saturated heterocycles. The van der Waals surface area contributed by atoms with E-state index in [0.29, 0.717) is 11.1 Å². The Kier molecular flexibility index (Phi) is 6.81. The van der Waals surface area contributed by atoms with Gasteiger partial charge in [-0.15, -0.1) is 0 Å². The topological polar surface area (TPSA) is 87.9 Å². The molecular weight excluding hydrogens is 364 g/mol. The van der Waals surface area contributed by atoms with Gasteiger partial charge >= 0.3 is 12.6 Å². The number of non-ortho nitro benzene ring substituents is 1. The molecule has 0 radical (unpaired) electrons. The van der Waals surface area contributed by atoms with Crippen LogP contribution in [-0.4, -0.2) is 24.6 Å². The first kappa shape index (κ1) is 19.8. The molecular formula is C18H15F2NO6. The van der Waals surface area contributed by atoms with Crippen molar-refractivity contribution in [3.63, 3.8) is 0 Å². The average molecular weight is 379 g/mol. The minimum absolute atomic E-state index is 0.0796. The second-order valence-electron chi connectivity index (χ2n) is 5.16. The first-order valence-corrected chi connectivity index (χ1v) is 7.60. The molecule has 0 aliphatic heterocycles. The summed E-state index contributed by atoms with van der Waals surface area (Å²) < 4.78 is 38.9. The Bertz CT molecular complexity index is 853. The van der Waals surface area contributed by atoms with Crippen molar-refractivity contribution in [3.8, 4) is 11.5 Å². The molecule has 0 spiro atoms. The molecule has 0 heterocycles. The van der Waals surface area contributed by atoms with Gasteiger partial charge in [-0.25, -0.2) is 4.79 Å². The minimum atomic E-state index is -2.98. The van der Waals surface area contributed by atoms with Crippen LogP contribution in [0.3, 0.4) is 0 Å². The number of hydrogen-bond acceptors (Lipinski definition) is 6. The number of nitrogens with zero attached hydrogens (tertiary/aromatic N) is 1. The van der Waals surface area contributed by atoms with Crippen molar-refractivity contribution in [3.05, 3.63) is 69.8 Å². The molecule has 0 N–H and O–H groups in total. The molecule has 0 saturated carbocycles. The molecule has 0 aromatic heterocycles. The van der Waals surface area contributed by atoms with Crippen molar-refractivity contribution in [2.75, 3.05) is 7.11 Å². The van der Waals surface area contributed by atoms with E-state index >= 15 is 0 Å². The van der Waals surface area contributed by atoms with E-state index in [-0.39, 0.29) is 23.8 Å². The number of nitro groups is 1. The second-order valence-corrected chi connectivity index (χ2v) is 5.16. The van der Waals surface area contributed by atoms with Crippen molar-refractivity contribution in [1.29, 1.82) is 0 Å². The molecule has 0 unspecified atom stereocenters. The van der Waals surface area contributed by atoms with Crippen LogP contribution in [0.1, 0.15) is 11.1 Å². The van der Waals surface area contributed by atoms with Gasteiger partial charge in [0.1, 0.15) is 6.61 Å². The first-order valence-electron chi connectivity index (χ1n) is 7.60. The van der Waals surface area contributed by atoms with Gasteiger partial charge in [0.05, 0.1) is 12.0 Å². The highest BCUT2D eigenvalue weighted by Crippen LogP contribution is 2.29. The van der Waals surface area contributed by atoms with Crippen molar-refractivity contribution in [2.45, 2.75) is 13.2 Å². The zero-order valence-electron chi connectivity index (χ0n) is 14.1. The third-order valence-corrected chi connectivity index (χ3v) is 3.32. The highest BCUT2D eigenvalue weighted by atomic mass is 19.3. The molecule has 0 fully saturated rings. The molecule has 2 aromatic rings. The number of alkyl halides is 2. The van der Waals surface area contributed by atoms with Crippen molar-refractivity contribution >= 4 is 17.7 Å². The molecule has 142 valence electrons. The van der Waals surface area contributed by atoms with Crippen LogP contribution in [0.5, 0.6) is 11.5 Å². The summed E-state index contributed by atoms with van der Waals surface area (Å²) in [7, 11) is 1.30. The Morgan fingerprint density at radius 1 is 1.22 bits per heavy atom. The number of hydrogen-bond donors (Lipinski definition) is 0. The second kappa shape index (κ2) is 9.27. The quantitative estimate of drug-likeness (QED) is 0.299. The summed E-state index contributed by atoms with van der Waals surface area (Å²) in [4.78, 5) is 22.0. The number of esters is 1. The van der Waals surface area contributed by atoms with E-state index in [9.17, 15) is 23.7 Å². The average Bonchev–Trinajstić information content (AvgIpc) is 2.65. The predicted molar refractivity (Wildman–Crippen MR) is 91.6 cm³/mol. The lowest BCUT2D eigenvalue weighted by atomic mass is 10.2. The number of methoxy groups -OCH3 is 1. The number of benzene rings is 2. The molecule has 2 aromatic carbocycles. The summed E-state index contributed by atoms with van der Waals surface area (Å²) in [5, 5.41) is 10.7. The molecule has 2 rings (SSSR count). The van der Waals surface area contributed by atoms with Gasteiger partial charge in [-0.2, -0.15) is 8.78 Å². The van der Waals surface area contributed by atoms with Crippen LogP contribution in [0.4, 0.5) is 14.5 Å². The summed E-state index contributed by atoms with van der Waals surface area (Å²) >= 11 is 0. The summed E-state index contributed by atoms with van der Waals surface area (Å²) in [6, 6.07) is 9.91. The summed E-state index contributed by atoms with van der Waals surface area (Å²) in [6.45, 7) is -3.11. The van der Waals surface area contributed by atoms with Gasteiger partial charge in [0.15, 0.2) is 11.5 Å². The lowest BCUT2D eigenvalue weighted by Crippen LogP contribution is -2.05. The first-order chi connectivity index (χ1) is 12.9. The van der Waals surface area contributed by atoms with Crippen LogP contribution in [-0.2, 0) is 16.1 Å².